The van der Waals surface area contributed by atoms with Gasteiger partial charge in [0, 0.05) is 6.54 Å². The third-order valence-electron chi connectivity index (χ3n) is 4.33. The zero-order valence-corrected chi connectivity index (χ0v) is 13.1. The lowest BCUT2D eigenvalue weighted by molar-refractivity contribution is -0.147. The number of carbonyl (C=O) groups excluding carboxylic acids is 1. The maximum absolute atomic E-state index is 12.6. The highest BCUT2D eigenvalue weighted by Crippen LogP contribution is 2.30. The lowest BCUT2D eigenvalue weighted by Crippen LogP contribution is -2.50. The number of hydrogen-bond acceptors (Lipinski definition) is 4. The maximum Gasteiger partial charge on any atom is 0.329 e. The van der Waals surface area contributed by atoms with Crippen LogP contribution in [0.25, 0.3) is 5.69 Å². The fraction of sp³-hybridized carbons (Fsp3) is 0.375. The number of carboxylic acids is 1. The molecule has 0 aliphatic carbocycles. The minimum Gasteiger partial charge on any atom is -0.480 e. The molecule has 1 N–H and O–H groups in total. The first-order chi connectivity index (χ1) is 10.9. The second kappa shape index (κ2) is 5.49. The molecule has 7 heteroatoms. The Balaban J connectivity index is 1.88. The Kier molecular flexibility index (Phi) is 3.63. The van der Waals surface area contributed by atoms with E-state index in [1.165, 1.54) is 15.8 Å². The number of aliphatic carboxylic acids is 1. The number of carboxylic acid groups (broad SMARTS) is 1. The number of rotatable bonds is 3. The molecule has 1 atom stereocenters. The number of aromatic nitrogens is 3. The van der Waals surface area contributed by atoms with Crippen molar-refractivity contribution >= 4 is 11.9 Å². The van der Waals surface area contributed by atoms with Crippen molar-refractivity contribution < 1.29 is 14.7 Å². The van der Waals surface area contributed by atoms with E-state index >= 15 is 0 Å². The molecule has 1 aromatic carbocycles. The van der Waals surface area contributed by atoms with Crippen LogP contribution in [-0.2, 0) is 4.79 Å². The van der Waals surface area contributed by atoms with Crippen molar-refractivity contribution in [2.24, 2.45) is 0 Å². The maximum atomic E-state index is 12.6. The van der Waals surface area contributed by atoms with Crippen LogP contribution in [0.5, 0.6) is 0 Å². The van der Waals surface area contributed by atoms with Crippen molar-refractivity contribution in [3.63, 3.8) is 0 Å². The number of amides is 1. The molecule has 1 aromatic heterocycles. The highest BCUT2D eigenvalue weighted by atomic mass is 16.4. The van der Waals surface area contributed by atoms with Gasteiger partial charge in [-0.3, -0.25) is 4.79 Å². The lowest BCUT2D eigenvalue weighted by Gasteiger charge is -2.30. The molecule has 0 radical (unpaired) electrons. The number of benzene rings is 1. The summed E-state index contributed by atoms with van der Waals surface area (Å²) in [4.78, 5) is 25.5. The van der Waals surface area contributed by atoms with Gasteiger partial charge in [-0.05, 0) is 44.4 Å². The molecule has 1 unspecified atom stereocenters. The summed E-state index contributed by atoms with van der Waals surface area (Å²) >= 11 is 0. The van der Waals surface area contributed by atoms with Crippen LogP contribution in [0.4, 0.5) is 0 Å². The van der Waals surface area contributed by atoms with Crippen LogP contribution in [0.1, 0.15) is 35.8 Å². The second-order valence-corrected chi connectivity index (χ2v) is 6.03. The van der Waals surface area contributed by atoms with Crippen molar-refractivity contribution in [1.29, 1.82) is 0 Å². The average molecular weight is 314 g/mol. The minimum atomic E-state index is -1.18. The van der Waals surface area contributed by atoms with Crippen molar-refractivity contribution in [2.75, 3.05) is 6.54 Å². The van der Waals surface area contributed by atoms with Gasteiger partial charge in [0.2, 0.25) is 0 Å². The number of carbonyl (C=O) groups is 2. The van der Waals surface area contributed by atoms with Gasteiger partial charge in [-0.1, -0.05) is 17.3 Å². The van der Waals surface area contributed by atoms with E-state index < -0.39 is 17.4 Å². The smallest absolute Gasteiger partial charge is 0.329 e. The molecule has 0 spiro atoms. The van der Waals surface area contributed by atoms with Gasteiger partial charge in [0.1, 0.15) is 5.54 Å². The van der Waals surface area contributed by atoms with Crippen LogP contribution in [0, 0.1) is 6.92 Å². The molecule has 1 aliphatic heterocycles. The van der Waals surface area contributed by atoms with E-state index in [-0.39, 0.29) is 5.69 Å². The summed E-state index contributed by atoms with van der Waals surface area (Å²) in [5.41, 5.74) is 0.855. The third kappa shape index (κ3) is 2.58. The Bertz CT molecular complexity index is 770. The van der Waals surface area contributed by atoms with E-state index in [1.807, 2.05) is 31.2 Å². The first kappa shape index (κ1) is 15.2. The predicted octanol–water partition coefficient (Wildman–Crippen LogP) is 1.66. The summed E-state index contributed by atoms with van der Waals surface area (Å²) in [7, 11) is 0. The molecular weight excluding hydrogens is 296 g/mol. The quantitative estimate of drug-likeness (QED) is 0.930. The van der Waals surface area contributed by atoms with Gasteiger partial charge < -0.3 is 10.0 Å². The fourth-order valence-electron chi connectivity index (χ4n) is 2.91. The first-order valence-electron chi connectivity index (χ1n) is 7.46. The van der Waals surface area contributed by atoms with Gasteiger partial charge in [0.05, 0.1) is 11.9 Å². The largest absolute Gasteiger partial charge is 0.480 e. The van der Waals surface area contributed by atoms with Gasteiger partial charge >= 0.3 is 5.97 Å². The number of nitrogens with zero attached hydrogens (tertiary/aromatic N) is 4. The predicted molar refractivity (Wildman–Crippen MR) is 82.4 cm³/mol. The normalized spacial score (nSPS) is 20.7. The van der Waals surface area contributed by atoms with Crippen molar-refractivity contribution in [3.05, 3.63) is 41.7 Å². The van der Waals surface area contributed by atoms with Gasteiger partial charge in [-0.2, -0.15) is 0 Å². The molecule has 1 saturated heterocycles. The van der Waals surface area contributed by atoms with E-state index in [1.54, 1.807) is 6.92 Å². The van der Waals surface area contributed by atoms with Gasteiger partial charge in [0.15, 0.2) is 5.69 Å². The number of aryl methyl sites for hydroxylation is 1. The number of hydrogen-bond donors (Lipinski definition) is 1. The SMILES string of the molecule is Cc1cccc(-n2cc(C(=O)N3CCCC3(C)C(=O)O)nn2)c1. The molecule has 1 aliphatic rings. The Morgan fingerprint density at radius 2 is 2.13 bits per heavy atom. The van der Waals surface area contributed by atoms with Crippen LogP contribution in [0.15, 0.2) is 30.5 Å². The van der Waals surface area contributed by atoms with Crippen LogP contribution in [-0.4, -0.2) is 49.0 Å². The summed E-state index contributed by atoms with van der Waals surface area (Å²) in [5.74, 6) is -1.39. The van der Waals surface area contributed by atoms with E-state index in [0.717, 1.165) is 11.3 Å². The molecule has 0 bridgehead atoms. The van der Waals surface area contributed by atoms with Crippen LogP contribution in [0.3, 0.4) is 0 Å². The van der Waals surface area contributed by atoms with Crippen LogP contribution < -0.4 is 0 Å². The molecule has 0 saturated carbocycles. The van der Waals surface area contributed by atoms with Gasteiger partial charge in [-0.15, -0.1) is 5.10 Å². The molecular formula is C16H18N4O3. The van der Waals surface area contributed by atoms with E-state index in [0.29, 0.717) is 19.4 Å². The van der Waals surface area contributed by atoms with E-state index in [9.17, 15) is 14.7 Å². The summed E-state index contributed by atoms with van der Waals surface area (Å²) in [6, 6.07) is 7.66. The zero-order valence-electron chi connectivity index (χ0n) is 13.1. The third-order valence-corrected chi connectivity index (χ3v) is 4.33. The standard InChI is InChI=1S/C16H18N4O3/c1-11-5-3-6-12(9-11)20-10-13(17-18-20)14(21)19-8-4-7-16(19,2)15(22)23/h3,5-6,9-10H,4,7-8H2,1-2H3,(H,22,23). The Morgan fingerprint density at radius 3 is 2.83 bits per heavy atom. The van der Waals surface area contributed by atoms with Crippen LogP contribution >= 0.6 is 0 Å². The van der Waals surface area contributed by atoms with E-state index in [4.69, 9.17) is 0 Å². The monoisotopic (exact) mass is 314 g/mol. The van der Waals surface area contributed by atoms with Crippen molar-refractivity contribution in [3.8, 4) is 5.69 Å². The first-order valence-corrected chi connectivity index (χ1v) is 7.46. The number of likely N-dealkylation sites (tertiary alicyclic amines) is 1. The summed E-state index contributed by atoms with van der Waals surface area (Å²) in [6.45, 7) is 3.96. The minimum absolute atomic E-state index is 0.154. The molecule has 120 valence electrons. The van der Waals surface area contributed by atoms with Crippen LogP contribution in [0.2, 0.25) is 0 Å². The molecule has 23 heavy (non-hydrogen) atoms. The highest BCUT2D eigenvalue weighted by molar-refractivity contribution is 5.96. The zero-order chi connectivity index (χ0) is 16.6. The molecule has 2 aromatic rings. The Morgan fingerprint density at radius 1 is 1.35 bits per heavy atom. The summed E-state index contributed by atoms with van der Waals surface area (Å²) in [6.07, 6.45) is 2.65. The summed E-state index contributed by atoms with van der Waals surface area (Å²) in [5, 5.41) is 17.3. The summed E-state index contributed by atoms with van der Waals surface area (Å²) < 4.78 is 1.52. The van der Waals surface area contributed by atoms with Gasteiger partial charge in [0.25, 0.3) is 5.91 Å². The highest BCUT2D eigenvalue weighted by Gasteiger charge is 2.46. The molecule has 1 fully saturated rings. The molecule has 7 nitrogen and oxygen atoms in total. The molecule has 1 amide bonds. The Labute approximate surface area is 133 Å². The topological polar surface area (TPSA) is 88.3 Å². The fourth-order valence-corrected chi connectivity index (χ4v) is 2.91. The van der Waals surface area contributed by atoms with E-state index in [2.05, 4.69) is 10.3 Å². The average Bonchev–Trinajstić information content (AvgIpc) is 3.14. The van der Waals surface area contributed by atoms with Crippen molar-refractivity contribution in [1.82, 2.24) is 19.9 Å². The van der Waals surface area contributed by atoms with Gasteiger partial charge in [-0.25, -0.2) is 9.48 Å². The molecule has 3 rings (SSSR count). The second-order valence-electron chi connectivity index (χ2n) is 6.03. The Hall–Kier alpha value is -2.70. The lowest BCUT2D eigenvalue weighted by atomic mass is 9.99. The molecule has 2 heterocycles. The van der Waals surface area contributed by atoms with Crippen molar-refractivity contribution in [2.45, 2.75) is 32.2 Å².